The Labute approximate surface area is 95.8 Å². The molecule has 2 rings (SSSR count). The standard InChI is InChI=1S/C9H18N2O4S/c1-7-4-11(5-9(6-12)15-7)16(13,14)10-8-2-3-8/h7-10,12H,2-6H2,1H3. The van der Waals surface area contributed by atoms with E-state index in [0.29, 0.717) is 6.54 Å². The summed E-state index contributed by atoms with van der Waals surface area (Å²) >= 11 is 0. The summed E-state index contributed by atoms with van der Waals surface area (Å²) in [7, 11) is -3.40. The minimum Gasteiger partial charge on any atom is -0.394 e. The molecule has 0 spiro atoms. The fourth-order valence-electron chi connectivity index (χ4n) is 1.79. The number of aliphatic hydroxyl groups is 1. The summed E-state index contributed by atoms with van der Waals surface area (Å²) in [6.07, 6.45) is 1.24. The third-order valence-corrected chi connectivity index (χ3v) is 4.34. The molecular formula is C9H18N2O4S. The van der Waals surface area contributed by atoms with E-state index in [9.17, 15) is 8.42 Å². The van der Waals surface area contributed by atoms with Crippen molar-refractivity contribution in [1.82, 2.24) is 9.03 Å². The molecular weight excluding hydrogens is 232 g/mol. The maximum atomic E-state index is 11.9. The molecule has 1 aliphatic heterocycles. The van der Waals surface area contributed by atoms with Crippen molar-refractivity contribution in [3.05, 3.63) is 0 Å². The summed E-state index contributed by atoms with van der Waals surface area (Å²) in [5, 5.41) is 9.02. The van der Waals surface area contributed by atoms with Gasteiger partial charge in [-0.25, -0.2) is 0 Å². The van der Waals surface area contributed by atoms with Gasteiger partial charge in [0, 0.05) is 19.1 Å². The van der Waals surface area contributed by atoms with E-state index < -0.39 is 16.3 Å². The van der Waals surface area contributed by atoms with Crippen molar-refractivity contribution in [1.29, 1.82) is 0 Å². The first-order valence-electron chi connectivity index (χ1n) is 5.55. The van der Waals surface area contributed by atoms with Gasteiger partial charge in [-0.3, -0.25) is 0 Å². The Kier molecular flexibility index (Phi) is 3.50. The second-order valence-electron chi connectivity index (χ2n) is 4.47. The highest BCUT2D eigenvalue weighted by atomic mass is 32.2. The number of hydrogen-bond donors (Lipinski definition) is 2. The van der Waals surface area contributed by atoms with Crippen LogP contribution in [0.5, 0.6) is 0 Å². The fraction of sp³-hybridized carbons (Fsp3) is 1.00. The number of morpholine rings is 1. The highest BCUT2D eigenvalue weighted by Crippen LogP contribution is 2.22. The maximum Gasteiger partial charge on any atom is 0.279 e. The second-order valence-corrected chi connectivity index (χ2v) is 6.17. The van der Waals surface area contributed by atoms with Gasteiger partial charge in [-0.05, 0) is 19.8 Å². The molecule has 2 N–H and O–H groups in total. The van der Waals surface area contributed by atoms with Crippen LogP contribution in [-0.2, 0) is 14.9 Å². The van der Waals surface area contributed by atoms with Gasteiger partial charge in [0.15, 0.2) is 0 Å². The molecule has 7 heteroatoms. The Hall–Kier alpha value is -0.210. The highest BCUT2D eigenvalue weighted by molar-refractivity contribution is 7.87. The van der Waals surface area contributed by atoms with Crippen molar-refractivity contribution in [2.45, 2.75) is 38.0 Å². The van der Waals surface area contributed by atoms with Crippen LogP contribution < -0.4 is 4.72 Å². The lowest BCUT2D eigenvalue weighted by molar-refractivity contribution is -0.0753. The molecule has 1 saturated heterocycles. The van der Waals surface area contributed by atoms with Crippen molar-refractivity contribution >= 4 is 10.2 Å². The summed E-state index contributed by atoms with van der Waals surface area (Å²) in [4.78, 5) is 0. The minimum absolute atomic E-state index is 0.107. The van der Waals surface area contributed by atoms with Crippen molar-refractivity contribution in [3.63, 3.8) is 0 Å². The Balaban J connectivity index is 2.01. The third kappa shape index (κ3) is 2.92. The molecule has 0 amide bonds. The maximum absolute atomic E-state index is 11.9. The number of hydrogen-bond acceptors (Lipinski definition) is 4. The predicted octanol–water partition coefficient (Wildman–Crippen LogP) is -0.935. The highest BCUT2D eigenvalue weighted by Gasteiger charge is 2.35. The zero-order chi connectivity index (χ0) is 11.8. The molecule has 6 nitrogen and oxygen atoms in total. The molecule has 0 radical (unpaired) electrons. The van der Waals surface area contributed by atoms with Gasteiger partial charge in [0.25, 0.3) is 10.2 Å². The molecule has 2 aliphatic rings. The monoisotopic (exact) mass is 250 g/mol. The van der Waals surface area contributed by atoms with Gasteiger partial charge in [0.1, 0.15) is 0 Å². The first-order valence-corrected chi connectivity index (χ1v) is 6.99. The van der Waals surface area contributed by atoms with E-state index in [4.69, 9.17) is 9.84 Å². The van der Waals surface area contributed by atoms with Gasteiger partial charge in [-0.2, -0.15) is 17.4 Å². The van der Waals surface area contributed by atoms with E-state index >= 15 is 0 Å². The van der Waals surface area contributed by atoms with Gasteiger partial charge in [-0.1, -0.05) is 0 Å². The molecule has 0 aromatic rings. The molecule has 2 fully saturated rings. The first kappa shape index (κ1) is 12.3. The van der Waals surface area contributed by atoms with Crippen LogP contribution in [0.4, 0.5) is 0 Å². The lowest BCUT2D eigenvalue weighted by Crippen LogP contribution is -2.53. The lowest BCUT2D eigenvalue weighted by atomic mass is 10.2. The van der Waals surface area contributed by atoms with E-state index in [-0.39, 0.29) is 25.3 Å². The van der Waals surface area contributed by atoms with Gasteiger partial charge < -0.3 is 9.84 Å². The molecule has 0 aromatic heterocycles. The zero-order valence-corrected chi connectivity index (χ0v) is 10.1. The zero-order valence-electron chi connectivity index (χ0n) is 9.30. The van der Waals surface area contributed by atoms with Crippen molar-refractivity contribution in [3.8, 4) is 0 Å². The molecule has 2 unspecified atom stereocenters. The van der Waals surface area contributed by atoms with E-state index in [1.807, 2.05) is 6.92 Å². The second kappa shape index (κ2) is 4.58. The lowest BCUT2D eigenvalue weighted by Gasteiger charge is -2.35. The van der Waals surface area contributed by atoms with Crippen LogP contribution in [0.15, 0.2) is 0 Å². The number of rotatable bonds is 4. The number of nitrogens with one attached hydrogen (secondary N) is 1. The van der Waals surface area contributed by atoms with E-state index in [1.165, 1.54) is 4.31 Å². The molecule has 0 bridgehead atoms. The Morgan fingerprint density at radius 3 is 2.69 bits per heavy atom. The summed E-state index contributed by atoms with van der Waals surface area (Å²) in [5.74, 6) is 0. The summed E-state index contributed by atoms with van der Waals surface area (Å²) < 4.78 is 33.2. The average molecular weight is 250 g/mol. The third-order valence-electron chi connectivity index (χ3n) is 2.73. The van der Waals surface area contributed by atoms with E-state index in [2.05, 4.69) is 4.72 Å². The van der Waals surface area contributed by atoms with Crippen LogP contribution in [0.1, 0.15) is 19.8 Å². The van der Waals surface area contributed by atoms with Gasteiger partial charge in [0.05, 0.1) is 18.8 Å². The quantitative estimate of drug-likeness (QED) is 0.675. The van der Waals surface area contributed by atoms with Crippen LogP contribution in [0.2, 0.25) is 0 Å². The smallest absolute Gasteiger partial charge is 0.279 e. The predicted molar refractivity (Wildman–Crippen MR) is 58.1 cm³/mol. The van der Waals surface area contributed by atoms with Gasteiger partial charge >= 0.3 is 0 Å². The minimum atomic E-state index is -3.40. The van der Waals surface area contributed by atoms with Crippen LogP contribution in [0, 0.1) is 0 Å². The summed E-state index contributed by atoms with van der Waals surface area (Å²) in [5.41, 5.74) is 0. The Morgan fingerprint density at radius 2 is 2.12 bits per heavy atom. The number of ether oxygens (including phenoxy) is 1. The molecule has 1 aliphatic carbocycles. The van der Waals surface area contributed by atoms with Crippen LogP contribution in [-0.4, -0.2) is 55.8 Å². The molecule has 2 atom stereocenters. The fourth-order valence-corrected chi connectivity index (χ4v) is 3.36. The van der Waals surface area contributed by atoms with Crippen molar-refractivity contribution in [2.75, 3.05) is 19.7 Å². The van der Waals surface area contributed by atoms with Crippen LogP contribution >= 0.6 is 0 Å². The largest absolute Gasteiger partial charge is 0.394 e. The number of nitrogens with zero attached hydrogens (tertiary/aromatic N) is 1. The molecule has 0 aromatic carbocycles. The van der Waals surface area contributed by atoms with Crippen molar-refractivity contribution in [2.24, 2.45) is 0 Å². The average Bonchev–Trinajstić information content (AvgIpc) is 3.00. The molecule has 1 saturated carbocycles. The SMILES string of the molecule is CC1CN(S(=O)(=O)NC2CC2)CC(CO)O1. The van der Waals surface area contributed by atoms with Crippen molar-refractivity contribution < 1.29 is 18.3 Å². The molecule has 1 heterocycles. The van der Waals surface area contributed by atoms with E-state index in [1.54, 1.807) is 0 Å². The van der Waals surface area contributed by atoms with Crippen LogP contribution in [0.3, 0.4) is 0 Å². The summed E-state index contributed by atoms with van der Waals surface area (Å²) in [6, 6.07) is 0.107. The number of aliphatic hydroxyl groups excluding tert-OH is 1. The summed E-state index contributed by atoms with van der Waals surface area (Å²) in [6.45, 7) is 2.22. The molecule has 94 valence electrons. The van der Waals surface area contributed by atoms with Crippen LogP contribution in [0.25, 0.3) is 0 Å². The van der Waals surface area contributed by atoms with Gasteiger partial charge in [0.2, 0.25) is 0 Å². The normalized spacial score (nSPS) is 32.9. The first-order chi connectivity index (χ1) is 7.51. The topological polar surface area (TPSA) is 78.9 Å². The Bertz CT molecular complexity index is 341. The van der Waals surface area contributed by atoms with Gasteiger partial charge in [-0.15, -0.1) is 0 Å². The Morgan fingerprint density at radius 1 is 1.44 bits per heavy atom. The molecule has 16 heavy (non-hydrogen) atoms. The van der Waals surface area contributed by atoms with E-state index in [0.717, 1.165) is 12.8 Å².